The summed E-state index contributed by atoms with van der Waals surface area (Å²) in [6.45, 7) is 0. The number of hydrogen-bond acceptors (Lipinski definition) is 1. The number of nitrogens with zero attached hydrogens (tertiary/aromatic N) is 1. The molecule has 6 heteroatoms. The van der Waals surface area contributed by atoms with Gasteiger partial charge in [-0.3, -0.25) is 0 Å². The Morgan fingerprint density at radius 1 is 1.00 bits per heavy atom. The summed E-state index contributed by atoms with van der Waals surface area (Å²) in [5.41, 5.74) is -0.0634. The van der Waals surface area contributed by atoms with Gasteiger partial charge in [0.15, 0.2) is 0 Å². The normalized spacial score (nSPS) is 12.0. The summed E-state index contributed by atoms with van der Waals surface area (Å²) in [4.78, 5) is 6.79. The fourth-order valence-corrected chi connectivity index (χ4v) is 2.05. The van der Waals surface area contributed by atoms with E-state index in [-0.39, 0.29) is 11.4 Å². The summed E-state index contributed by atoms with van der Waals surface area (Å²) in [6.07, 6.45) is -4.47. The molecule has 0 saturated carbocycles. The van der Waals surface area contributed by atoms with Crippen molar-refractivity contribution in [2.45, 2.75) is 6.18 Å². The molecule has 20 heavy (non-hydrogen) atoms. The Morgan fingerprint density at radius 2 is 1.75 bits per heavy atom. The smallest absolute Gasteiger partial charge is 0.338 e. The summed E-state index contributed by atoms with van der Waals surface area (Å²) in [7, 11) is 0. The second-order valence-corrected chi connectivity index (χ2v) is 4.29. The van der Waals surface area contributed by atoms with Crippen molar-refractivity contribution in [1.29, 1.82) is 0 Å². The number of halogens is 4. The van der Waals surface area contributed by atoms with E-state index in [1.165, 1.54) is 36.4 Å². The molecule has 0 radical (unpaired) electrons. The number of nitrogens with one attached hydrogen (secondary N) is 1. The molecular formula is C14H8F4N2. The van der Waals surface area contributed by atoms with E-state index in [1.807, 2.05) is 0 Å². The van der Waals surface area contributed by atoms with E-state index in [0.717, 1.165) is 6.07 Å². The molecule has 0 aliphatic rings. The molecule has 102 valence electrons. The minimum Gasteiger partial charge on any atom is -0.338 e. The molecule has 0 unspecified atom stereocenters. The van der Waals surface area contributed by atoms with Gasteiger partial charge in [0.2, 0.25) is 0 Å². The molecule has 1 aromatic heterocycles. The molecule has 3 rings (SSSR count). The van der Waals surface area contributed by atoms with Crippen molar-refractivity contribution >= 4 is 11.0 Å². The van der Waals surface area contributed by atoms with Gasteiger partial charge in [0, 0.05) is 5.56 Å². The van der Waals surface area contributed by atoms with Crippen LogP contribution in [0.2, 0.25) is 0 Å². The highest BCUT2D eigenvalue weighted by Crippen LogP contribution is 2.36. The topological polar surface area (TPSA) is 28.7 Å². The molecule has 0 saturated heterocycles. The second kappa shape index (κ2) is 4.33. The number of benzene rings is 2. The molecule has 0 spiro atoms. The van der Waals surface area contributed by atoms with Crippen LogP contribution >= 0.6 is 0 Å². The second-order valence-electron chi connectivity index (χ2n) is 4.29. The highest BCUT2D eigenvalue weighted by molar-refractivity contribution is 5.80. The van der Waals surface area contributed by atoms with Gasteiger partial charge in [-0.2, -0.15) is 13.2 Å². The van der Waals surface area contributed by atoms with Crippen LogP contribution in [0.4, 0.5) is 17.6 Å². The molecule has 0 aliphatic carbocycles. The number of hydrogen-bond donors (Lipinski definition) is 1. The lowest BCUT2D eigenvalue weighted by molar-refractivity contribution is -0.137. The number of H-pyrrole nitrogens is 1. The minimum absolute atomic E-state index is 0.0587. The van der Waals surface area contributed by atoms with Gasteiger partial charge in [0.05, 0.1) is 16.6 Å². The zero-order chi connectivity index (χ0) is 14.3. The third kappa shape index (κ3) is 2.13. The molecule has 3 aromatic rings. The highest BCUT2D eigenvalue weighted by atomic mass is 19.4. The van der Waals surface area contributed by atoms with Gasteiger partial charge in [0.1, 0.15) is 11.6 Å². The van der Waals surface area contributed by atoms with Crippen LogP contribution in [0, 0.1) is 5.82 Å². The number of imidazole rings is 1. The number of aromatic amines is 1. The molecule has 2 aromatic carbocycles. The van der Waals surface area contributed by atoms with Crippen molar-refractivity contribution < 1.29 is 17.6 Å². The Hall–Kier alpha value is -2.37. The van der Waals surface area contributed by atoms with E-state index >= 15 is 0 Å². The van der Waals surface area contributed by atoms with Crippen LogP contribution in [0.25, 0.3) is 22.4 Å². The minimum atomic E-state index is -4.47. The van der Waals surface area contributed by atoms with Crippen LogP contribution in [0.15, 0.2) is 42.5 Å². The van der Waals surface area contributed by atoms with Gasteiger partial charge >= 0.3 is 6.18 Å². The van der Waals surface area contributed by atoms with Crippen molar-refractivity contribution in [2.24, 2.45) is 0 Å². The van der Waals surface area contributed by atoms with Gasteiger partial charge in [-0.25, -0.2) is 9.37 Å². The first-order valence-electron chi connectivity index (χ1n) is 5.77. The van der Waals surface area contributed by atoms with Gasteiger partial charge in [-0.05, 0) is 24.3 Å². The maximum atomic E-state index is 13.1. The highest BCUT2D eigenvalue weighted by Gasteiger charge is 2.34. The zero-order valence-electron chi connectivity index (χ0n) is 10.0. The molecule has 0 aliphatic heterocycles. The maximum Gasteiger partial charge on any atom is 0.417 e. The molecule has 2 nitrogen and oxygen atoms in total. The largest absolute Gasteiger partial charge is 0.417 e. The summed E-state index contributed by atoms with van der Waals surface area (Å²) < 4.78 is 51.9. The predicted octanol–water partition coefficient (Wildman–Crippen LogP) is 4.39. The van der Waals surface area contributed by atoms with Crippen LogP contribution in [-0.2, 0) is 6.18 Å². The summed E-state index contributed by atoms with van der Waals surface area (Å²) >= 11 is 0. The molecule has 0 fully saturated rings. The van der Waals surface area contributed by atoms with E-state index in [9.17, 15) is 17.6 Å². The van der Waals surface area contributed by atoms with Crippen LogP contribution in [0.5, 0.6) is 0 Å². The van der Waals surface area contributed by atoms with Crippen molar-refractivity contribution in [3.05, 3.63) is 53.8 Å². The summed E-state index contributed by atoms with van der Waals surface area (Å²) in [5, 5.41) is 0. The molecule has 1 N–H and O–H groups in total. The van der Waals surface area contributed by atoms with Crippen LogP contribution in [-0.4, -0.2) is 9.97 Å². The Balaban J connectivity index is 2.21. The maximum absolute atomic E-state index is 13.1. The first-order chi connectivity index (χ1) is 9.45. The fraction of sp³-hybridized carbons (Fsp3) is 0.0714. The quantitative estimate of drug-likeness (QED) is 0.658. The van der Waals surface area contributed by atoms with Crippen molar-refractivity contribution in [1.82, 2.24) is 9.97 Å². The van der Waals surface area contributed by atoms with E-state index < -0.39 is 17.6 Å². The number of aromatic nitrogens is 2. The molecular weight excluding hydrogens is 272 g/mol. The van der Waals surface area contributed by atoms with Gasteiger partial charge in [0.25, 0.3) is 0 Å². The van der Waals surface area contributed by atoms with E-state index in [0.29, 0.717) is 11.0 Å². The Morgan fingerprint density at radius 3 is 2.50 bits per heavy atom. The lowest BCUT2D eigenvalue weighted by Crippen LogP contribution is -2.07. The molecule has 1 heterocycles. The van der Waals surface area contributed by atoms with Crippen LogP contribution in [0.3, 0.4) is 0 Å². The van der Waals surface area contributed by atoms with E-state index in [4.69, 9.17) is 0 Å². The van der Waals surface area contributed by atoms with Gasteiger partial charge in [-0.1, -0.05) is 18.2 Å². The van der Waals surface area contributed by atoms with Crippen LogP contribution < -0.4 is 0 Å². The monoisotopic (exact) mass is 280 g/mol. The third-order valence-electron chi connectivity index (χ3n) is 2.93. The Kier molecular flexibility index (Phi) is 2.74. The Bertz CT molecular complexity index is 774. The van der Waals surface area contributed by atoms with Gasteiger partial charge in [-0.15, -0.1) is 0 Å². The van der Waals surface area contributed by atoms with Crippen molar-refractivity contribution in [3.63, 3.8) is 0 Å². The SMILES string of the molecule is Fc1ccc2nc(-c3ccccc3C(F)(F)F)[nH]c2c1. The number of alkyl halides is 3. The van der Waals surface area contributed by atoms with Crippen LogP contribution in [0.1, 0.15) is 5.56 Å². The lowest BCUT2D eigenvalue weighted by atomic mass is 10.1. The average Bonchev–Trinajstić information content (AvgIpc) is 2.80. The predicted molar refractivity (Wildman–Crippen MR) is 66.5 cm³/mol. The third-order valence-corrected chi connectivity index (χ3v) is 2.93. The van der Waals surface area contributed by atoms with E-state index in [1.54, 1.807) is 0 Å². The lowest BCUT2D eigenvalue weighted by Gasteiger charge is -2.10. The van der Waals surface area contributed by atoms with Crippen molar-refractivity contribution in [3.8, 4) is 11.4 Å². The summed E-state index contributed by atoms with van der Waals surface area (Å²) in [5.74, 6) is -0.407. The first-order valence-corrected chi connectivity index (χ1v) is 5.77. The zero-order valence-corrected chi connectivity index (χ0v) is 10.0. The van der Waals surface area contributed by atoms with Crippen molar-refractivity contribution in [2.75, 3.05) is 0 Å². The first kappa shape index (κ1) is 12.7. The summed E-state index contributed by atoms with van der Waals surface area (Å²) in [6, 6.07) is 8.96. The molecule has 0 bridgehead atoms. The van der Waals surface area contributed by atoms with Gasteiger partial charge < -0.3 is 4.98 Å². The Labute approximate surface area is 111 Å². The fourth-order valence-electron chi connectivity index (χ4n) is 2.05. The number of fused-ring (bicyclic) bond motifs is 1. The molecule has 0 amide bonds. The van der Waals surface area contributed by atoms with E-state index in [2.05, 4.69) is 9.97 Å². The molecule has 0 atom stereocenters. The standard InChI is InChI=1S/C14H8F4N2/c15-8-5-6-11-12(7-8)20-13(19-11)9-3-1-2-4-10(9)14(16,17)18/h1-7H,(H,19,20). The number of rotatable bonds is 1. The average molecular weight is 280 g/mol.